The first kappa shape index (κ1) is 20.2. The molecule has 4 aromatic rings. The highest BCUT2D eigenvalue weighted by atomic mass is 32.1. The summed E-state index contributed by atoms with van der Waals surface area (Å²) in [6, 6.07) is 11.9. The van der Waals surface area contributed by atoms with Crippen LogP contribution in [0.2, 0.25) is 0 Å². The molecule has 156 valence electrons. The van der Waals surface area contributed by atoms with Gasteiger partial charge < -0.3 is 14.2 Å². The van der Waals surface area contributed by atoms with E-state index in [4.69, 9.17) is 14.2 Å². The zero-order valence-electron chi connectivity index (χ0n) is 17.7. The number of methoxy groups -OCH3 is 2. The SMILES string of the molecule is COc1ccc(-c2nnc3sc(COc4cc(C)ccc4C(C)C)nn23)cc1OC. The lowest BCUT2D eigenvalue weighted by Gasteiger charge is -2.14. The summed E-state index contributed by atoms with van der Waals surface area (Å²) in [5.74, 6) is 3.22. The second-order valence-corrected chi connectivity index (χ2v) is 8.31. The molecule has 8 heteroatoms. The first-order valence-electron chi connectivity index (χ1n) is 9.67. The summed E-state index contributed by atoms with van der Waals surface area (Å²) in [5, 5.41) is 14.1. The molecule has 0 amide bonds. The maximum Gasteiger partial charge on any atom is 0.235 e. The van der Waals surface area contributed by atoms with Crippen molar-refractivity contribution in [1.29, 1.82) is 0 Å². The summed E-state index contributed by atoms with van der Waals surface area (Å²) in [6.45, 7) is 6.77. The minimum atomic E-state index is 0.378. The molecule has 0 atom stereocenters. The van der Waals surface area contributed by atoms with Gasteiger partial charge in [-0.05, 0) is 48.2 Å². The number of rotatable bonds is 7. The van der Waals surface area contributed by atoms with Crippen molar-refractivity contribution in [2.24, 2.45) is 0 Å². The summed E-state index contributed by atoms with van der Waals surface area (Å²) < 4.78 is 18.6. The third-order valence-electron chi connectivity index (χ3n) is 4.82. The highest BCUT2D eigenvalue weighted by molar-refractivity contribution is 7.16. The lowest BCUT2D eigenvalue weighted by atomic mass is 10.0. The van der Waals surface area contributed by atoms with Crippen LogP contribution in [-0.4, -0.2) is 34.0 Å². The summed E-state index contributed by atoms with van der Waals surface area (Å²) in [6.07, 6.45) is 0. The van der Waals surface area contributed by atoms with Crippen molar-refractivity contribution < 1.29 is 14.2 Å². The molecule has 0 aliphatic rings. The molecule has 7 nitrogen and oxygen atoms in total. The van der Waals surface area contributed by atoms with E-state index in [1.54, 1.807) is 18.7 Å². The van der Waals surface area contributed by atoms with Crippen LogP contribution in [0.15, 0.2) is 36.4 Å². The van der Waals surface area contributed by atoms with Crippen LogP contribution in [0, 0.1) is 6.92 Å². The average molecular weight is 425 g/mol. The maximum absolute atomic E-state index is 6.13. The third kappa shape index (κ3) is 3.82. The van der Waals surface area contributed by atoms with E-state index in [1.165, 1.54) is 22.5 Å². The molecule has 2 aromatic carbocycles. The normalized spacial score (nSPS) is 11.3. The molecular weight excluding hydrogens is 400 g/mol. The van der Waals surface area contributed by atoms with Gasteiger partial charge in [0, 0.05) is 5.56 Å². The van der Waals surface area contributed by atoms with Crippen LogP contribution < -0.4 is 14.2 Å². The van der Waals surface area contributed by atoms with Crippen LogP contribution in [0.25, 0.3) is 16.3 Å². The van der Waals surface area contributed by atoms with Crippen LogP contribution in [0.5, 0.6) is 17.2 Å². The van der Waals surface area contributed by atoms with E-state index in [0.717, 1.165) is 16.3 Å². The molecule has 0 saturated carbocycles. The Labute approximate surface area is 179 Å². The fraction of sp³-hybridized carbons (Fsp3) is 0.318. The fourth-order valence-electron chi connectivity index (χ4n) is 3.25. The maximum atomic E-state index is 6.13. The van der Waals surface area contributed by atoms with Gasteiger partial charge in [0.2, 0.25) is 4.96 Å². The zero-order chi connectivity index (χ0) is 21.3. The van der Waals surface area contributed by atoms with Crippen LogP contribution in [-0.2, 0) is 6.61 Å². The number of aryl methyl sites for hydroxylation is 1. The molecule has 0 radical (unpaired) electrons. The van der Waals surface area contributed by atoms with Crippen molar-refractivity contribution >= 4 is 16.3 Å². The third-order valence-corrected chi connectivity index (χ3v) is 5.69. The molecule has 0 aliphatic carbocycles. The van der Waals surface area contributed by atoms with Crippen LogP contribution in [0.4, 0.5) is 0 Å². The van der Waals surface area contributed by atoms with E-state index in [9.17, 15) is 0 Å². The van der Waals surface area contributed by atoms with Gasteiger partial charge in [0.15, 0.2) is 22.3 Å². The molecular formula is C22H24N4O3S. The van der Waals surface area contributed by atoms with E-state index in [1.807, 2.05) is 18.2 Å². The van der Waals surface area contributed by atoms with Gasteiger partial charge in [-0.15, -0.1) is 10.2 Å². The van der Waals surface area contributed by atoms with Gasteiger partial charge in [-0.25, -0.2) is 0 Å². The molecule has 0 aliphatic heterocycles. The molecule has 4 rings (SSSR count). The summed E-state index contributed by atoms with van der Waals surface area (Å²) in [4.78, 5) is 0.715. The van der Waals surface area contributed by atoms with Gasteiger partial charge in [0.1, 0.15) is 12.4 Å². The fourth-order valence-corrected chi connectivity index (χ4v) is 4.00. The van der Waals surface area contributed by atoms with E-state index in [-0.39, 0.29) is 0 Å². The predicted molar refractivity (Wildman–Crippen MR) is 117 cm³/mol. The van der Waals surface area contributed by atoms with Gasteiger partial charge in [-0.1, -0.05) is 37.3 Å². The van der Waals surface area contributed by atoms with Gasteiger partial charge in [-0.3, -0.25) is 0 Å². The van der Waals surface area contributed by atoms with Crippen molar-refractivity contribution in [3.8, 4) is 28.6 Å². The van der Waals surface area contributed by atoms with Crippen molar-refractivity contribution in [2.45, 2.75) is 33.3 Å². The zero-order valence-corrected chi connectivity index (χ0v) is 18.5. The van der Waals surface area contributed by atoms with Crippen LogP contribution in [0.1, 0.15) is 35.9 Å². The quantitative estimate of drug-likeness (QED) is 0.421. The molecule has 0 fully saturated rings. The highest BCUT2D eigenvalue weighted by Gasteiger charge is 2.16. The Morgan fingerprint density at radius 1 is 0.967 bits per heavy atom. The van der Waals surface area contributed by atoms with Crippen molar-refractivity contribution in [3.05, 3.63) is 52.5 Å². The first-order chi connectivity index (χ1) is 14.5. The van der Waals surface area contributed by atoms with Crippen molar-refractivity contribution in [2.75, 3.05) is 14.2 Å². The summed E-state index contributed by atoms with van der Waals surface area (Å²) >= 11 is 1.47. The lowest BCUT2D eigenvalue weighted by Crippen LogP contribution is -2.01. The van der Waals surface area contributed by atoms with Gasteiger partial charge in [-0.2, -0.15) is 9.61 Å². The standard InChI is InChI=1S/C22H24N4O3S/c1-13(2)16-8-6-14(3)10-18(16)29-12-20-25-26-21(23-24-22(26)30-20)15-7-9-17(27-4)19(11-15)28-5/h6-11,13H,12H2,1-5H3. The van der Waals surface area contributed by atoms with Crippen molar-refractivity contribution in [1.82, 2.24) is 19.8 Å². The molecule has 0 saturated heterocycles. The average Bonchev–Trinajstić information content (AvgIpc) is 3.32. The Bertz CT molecular complexity index is 1180. The minimum absolute atomic E-state index is 0.378. The van der Waals surface area contributed by atoms with Crippen molar-refractivity contribution in [3.63, 3.8) is 0 Å². The van der Waals surface area contributed by atoms with E-state index >= 15 is 0 Å². The molecule has 0 N–H and O–H groups in total. The Morgan fingerprint density at radius 3 is 2.50 bits per heavy atom. The molecule has 0 spiro atoms. The highest BCUT2D eigenvalue weighted by Crippen LogP contribution is 2.33. The number of ether oxygens (including phenoxy) is 3. The first-order valence-corrected chi connectivity index (χ1v) is 10.5. The van der Waals surface area contributed by atoms with E-state index in [0.29, 0.717) is 34.8 Å². The Balaban J connectivity index is 1.61. The Hall–Kier alpha value is -3.13. The molecule has 0 bridgehead atoms. The largest absolute Gasteiger partial charge is 0.493 e. The summed E-state index contributed by atoms with van der Waals surface area (Å²) in [7, 11) is 3.22. The number of benzene rings is 2. The second-order valence-electron chi connectivity index (χ2n) is 7.27. The number of hydrogen-bond acceptors (Lipinski definition) is 7. The molecule has 30 heavy (non-hydrogen) atoms. The van der Waals surface area contributed by atoms with Gasteiger partial charge >= 0.3 is 0 Å². The molecule has 2 heterocycles. The van der Waals surface area contributed by atoms with E-state index < -0.39 is 0 Å². The van der Waals surface area contributed by atoms with Gasteiger partial charge in [0.25, 0.3) is 0 Å². The van der Waals surface area contributed by atoms with E-state index in [2.05, 4.69) is 54.3 Å². The smallest absolute Gasteiger partial charge is 0.235 e. The Kier molecular flexibility index (Phi) is 5.59. The lowest BCUT2D eigenvalue weighted by molar-refractivity contribution is 0.299. The predicted octanol–water partition coefficient (Wildman–Crippen LogP) is 4.88. The number of fused-ring (bicyclic) bond motifs is 1. The number of nitrogens with zero attached hydrogens (tertiary/aromatic N) is 4. The Morgan fingerprint density at radius 2 is 1.77 bits per heavy atom. The molecule has 0 unspecified atom stereocenters. The monoisotopic (exact) mass is 424 g/mol. The van der Waals surface area contributed by atoms with Gasteiger partial charge in [0.05, 0.1) is 14.2 Å². The van der Waals surface area contributed by atoms with Crippen LogP contribution >= 0.6 is 11.3 Å². The number of hydrogen-bond donors (Lipinski definition) is 0. The number of aromatic nitrogens is 4. The topological polar surface area (TPSA) is 70.8 Å². The minimum Gasteiger partial charge on any atom is -0.493 e. The van der Waals surface area contributed by atoms with Crippen LogP contribution in [0.3, 0.4) is 0 Å². The summed E-state index contributed by atoms with van der Waals surface area (Å²) in [5.41, 5.74) is 3.21. The second kappa shape index (κ2) is 8.31. The molecule has 2 aromatic heterocycles.